The maximum atomic E-state index is 10.6. The summed E-state index contributed by atoms with van der Waals surface area (Å²) < 4.78 is 8.29. The number of aromatic nitrogens is 3. The van der Waals surface area contributed by atoms with Gasteiger partial charge in [-0.2, -0.15) is 0 Å². The second-order valence-electron chi connectivity index (χ2n) is 4.19. The van der Waals surface area contributed by atoms with Crippen molar-refractivity contribution in [2.75, 3.05) is 5.75 Å². The highest BCUT2D eigenvalue weighted by molar-refractivity contribution is 9.10. The number of aliphatic carboxylic acids is 1. The maximum absolute atomic E-state index is 10.6. The zero-order chi connectivity index (χ0) is 16.1. The summed E-state index contributed by atoms with van der Waals surface area (Å²) in [6.45, 7) is 2.81. The van der Waals surface area contributed by atoms with Crippen molar-refractivity contribution in [3.05, 3.63) is 33.5 Å². The lowest BCUT2D eigenvalue weighted by atomic mass is 10.3. The predicted molar refractivity (Wildman–Crippen MR) is 87.5 cm³/mol. The Morgan fingerprint density at radius 1 is 1.50 bits per heavy atom. The van der Waals surface area contributed by atoms with E-state index in [1.807, 2.05) is 11.5 Å². The number of thioether (sulfide) groups is 1. The molecule has 1 heterocycles. The molecule has 9 heteroatoms. The zero-order valence-corrected chi connectivity index (χ0v) is 14.8. The quantitative estimate of drug-likeness (QED) is 0.710. The second-order valence-corrected chi connectivity index (χ2v) is 6.42. The number of benzene rings is 1. The fourth-order valence-corrected chi connectivity index (χ4v) is 3.25. The molecule has 0 atom stereocenters. The molecule has 0 radical (unpaired) electrons. The summed E-state index contributed by atoms with van der Waals surface area (Å²) in [5.41, 5.74) is 0. The summed E-state index contributed by atoms with van der Waals surface area (Å²) in [6, 6.07) is 5.25. The Balaban J connectivity index is 2.07. The Kier molecular flexibility index (Phi) is 6.10. The average molecular weight is 407 g/mol. The third kappa shape index (κ3) is 4.37. The Morgan fingerprint density at radius 2 is 2.27 bits per heavy atom. The van der Waals surface area contributed by atoms with Gasteiger partial charge in [0.15, 0.2) is 11.0 Å². The number of rotatable bonds is 7. The minimum Gasteiger partial charge on any atom is -0.484 e. The van der Waals surface area contributed by atoms with E-state index in [1.54, 1.807) is 18.2 Å². The lowest BCUT2D eigenvalue weighted by molar-refractivity contribution is -0.133. The van der Waals surface area contributed by atoms with Crippen LogP contribution in [0.2, 0.25) is 5.02 Å². The van der Waals surface area contributed by atoms with Gasteiger partial charge in [0, 0.05) is 11.6 Å². The third-order valence-corrected chi connectivity index (χ3v) is 4.49. The molecule has 2 rings (SSSR count). The van der Waals surface area contributed by atoms with E-state index in [0.717, 1.165) is 16.2 Å². The summed E-state index contributed by atoms with van der Waals surface area (Å²) in [5, 5.41) is 18.0. The molecule has 1 aromatic heterocycles. The monoisotopic (exact) mass is 405 g/mol. The fourth-order valence-electron chi connectivity index (χ4n) is 1.71. The van der Waals surface area contributed by atoms with Gasteiger partial charge in [-0.3, -0.25) is 4.79 Å². The molecule has 0 amide bonds. The first kappa shape index (κ1) is 17.1. The number of hydrogen-bond acceptors (Lipinski definition) is 5. The molecule has 0 fully saturated rings. The van der Waals surface area contributed by atoms with Gasteiger partial charge >= 0.3 is 5.97 Å². The van der Waals surface area contributed by atoms with E-state index in [-0.39, 0.29) is 12.4 Å². The van der Waals surface area contributed by atoms with Crippen molar-refractivity contribution in [2.24, 2.45) is 0 Å². The predicted octanol–water partition coefficient (Wildman–Crippen LogP) is 3.47. The van der Waals surface area contributed by atoms with E-state index in [2.05, 4.69) is 26.1 Å². The zero-order valence-electron chi connectivity index (χ0n) is 11.6. The highest BCUT2D eigenvalue weighted by Crippen LogP contribution is 2.28. The number of halogens is 2. The minimum atomic E-state index is -0.890. The highest BCUT2D eigenvalue weighted by atomic mass is 79.9. The summed E-state index contributed by atoms with van der Waals surface area (Å²) in [4.78, 5) is 10.6. The number of nitrogens with zero attached hydrogens (tertiary/aromatic N) is 3. The molecule has 0 bridgehead atoms. The van der Waals surface area contributed by atoms with Crippen molar-refractivity contribution in [3.8, 4) is 5.75 Å². The first-order valence-corrected chi connectivity index (χ1v) is 8.51. The van der Waals surface area contributed by atoms with Crippen molar-refractivity contribution in [3.63, 3.8) is 0 Å². The van der Waals surface area contributed by atoms with Crippen LogP contribution in [0.5, 0.6) is 5.75 Å². The Hall–Kier alpha value is -1.25. The van der Waals surface area contributed by atoms with Crippen LogP contribution in [-0.4, -0.2) is 31.6 Å². The van der Waals surface area contributed by atoms with Gasteiger partial charge in [0.2, 0.25) is 0 Å². The smallest absolute Gasteiger partial charge is 0.313 e. The molecule has 0 aliphatic rings. The van der Waals surface area contributed by atoms with E-state index >= 15 is 0 Å². The van der Waals surface area contributed by atoms with Gasteiger partial charge in [-0.1, -0.05) is 23.4 Å². The van der Waals surface area contributed by atoms with E-state index in [1.165, 1.54) is 0 Å². The standard InChI is InChI=1S/C13H13BrClN3O3S/c1-2-18-11(16-17-13(18)22-7-12(19)20)6-21-10-4-3-8(15)5-9(10)14/h3-5H,2,6-7H2,1H3,(H,19,20). The molecule has 0 unspecified atom stereocenters. The van der Waals surface area contributed by atoms with Gasteiger partial charge in [-0.15, -0.1) is 10.2 Å². The molecule has 118 valence electrons. The molecule has 2 aromatic rings. The maximum Gasteiger partial charge on any atom is 0.313 e. The van der Waals surface area contributed by atoms with E-state index in [0.29, 0.717) is 28.3 Å². The van der Waals surface area contributed by atoms with Gasteiger partial charge in [0.1, 0.15) is 12.4 Å². The highest BCUT2D eigenvalue weighted by Gasteiger charge is 2.13. The van der Waals surface area contributed by atoms with Gasteiger partial charge in [-0.25, -0.2) is 0 Å². The van der Waals surface area contributed by atoms with Crippen molar-refractivity contribution in [2.45, 2.75) is 25.2 Å². The number of ether oxygens (including phenoxy) is 1. The average Bonchev–Trinajstić information content (AvgIpc) is 2.86. The third-order valence-electron chi connectivity index (χ3n) is 2.69. The van der Waals surface area contributed by atoms with Crippen LogP contribution < -0.4 is 4.74 Å². The van der Waals surface area contributed by atoms with Crippen LogP contribution in [0.4, 0.5) is 0 Å². The largest absolute Gasteiger partial charge is 0.484 e. The molecular weight excluding hydrogens is 394 g/mol. The van der Waals surface area contributed by atoms with E-state index in [4.69, 9.17) is 21.4 Å². The fraction of sp³-hybridized carbons (Fsp3) is 0.308. The van der Waals surface area contributed by atoms with E-state index < -0.39 is 5.97 Å². The normalized spacial score (nSPS) is 10.7. The van der Waals surface area contributed by atoms with Crippen molar-refractivity contribution in [1.82, 2.24) is 14.8 Å². The van der Waals surface area contributed by atoms with E-state index in [9.17, 15) is 4.79 Å². The lowest BCUT2D eigenvalue weighted by Gasteiger charge is -2.09. The van der Waals surface area contributed by atoms with Crippen LogP contribution in [0.15, 0.2) is 27.8 Å². The first-order chi connectivity index (χ1) is 10.5. The van der Waals surface area contributed by atoms with Gasteiger partial charge < -0.3 is 14.4 Å². The van der Waals surface area contributed by atoms with Crippen LogP contribution in [0.1, 0.15) is 12.7 Å². The van der Waals surface area contributed by atoms with Crippen LogP contribution >= 0.6 is 39.3 Å². The molecule has 1 N–H and O–H groups in total. The SMILES string of the molecule is CCn1c(COc2ccc(Cl)cc2Br)nnc1SCC(=O)O. The van der Waals surface area contributed by atoms with Crippen LogP contribution in [0, 0.1) is 0 Å². The van der Waals surface area contributed by atoms with Crippen molar-refractivity contribution >= 4 is 45.3 Å². The Morgan fingerprint density at radius 3 is 2.91 bits per heavy atom. The molecule has 22 heavy (non-hydrogen) atoms. The van der Waals surface area contributed by atoms with Crippen molar-refractivity contribution in [1.29, 1.82) is 0 Å². The molecule has 0 aliphatic heterocycles. The molecular formula is C13H13BrClN3O3S. The lowest BCUT2D eigenvalue weighted by Crippen LogP contribution is -2.08. The number of hydrogen-bond donors (Lipinski definition) is 1. The van der Waals surface area contributed by atoms with Gasteiger partial charge in [-0.05, 0) is 41.1 Å². The Labute approximate surface area is 145 Å². The van der Waals surface area contributed by atoms with Gasteiger partial charge in [0.25, 0.3) is 0 Å². The molecule has 6 nitrogen and oxygen atoms in total. The molecule has 0 saturated heterocycles. The molecule has 0 aliphatic carbocycles. The topological polar surface area (TPSA) is 77.2 Å². The second kappa shape index (κ2) is 7.85. The number of carbonyl (C=O) groups is 1. The van der Waals surface area contributed by atoms with Crippen LogP contribution in [-0.2, 0) is 17.9 Å². The number of carboxylic acid groups (broad SMARTS) is 1. The Bertz CT molecular complexity index is 681. The summed E-state index contributed by atoms with van der Waals surface area (Å²) >= 11 is 10.4. The summed E-state index contributed by atoms with van der Waals surface area (Å²) in [5.74, 6) is 0.340. The summed E-state index contributed by atoms with van der Waals surface area (Å²) in [6.07, 6.45) is 0. The molecule has 1 aromatic carbocycles. The minimum absolute atomic E-state index is 0.0538. The van der Waals surface area contributed by atoms with Crippen LogP contribution in [0.25, 0.3) is 0 Å². The first-order valence-electron chi connectivity index (χ1n) is 6.35. The van der Waals surface area contributed by atoms with Crippen LogP contribution in [0.3, 0.4) is 0 Å². The van der Waals surface area contributed by atoms with Gasteiger partial charge in [0.05, 0.1) is 10.2 Å². The summed E-state index contributed by atoms with van der Waals surface area (Å²) in [7, 11) is 0. The number of carboxylic acids is 1. The van der Waals surface area contributed by atoms with Crippen molar-refractivity contribution < 1.29 is 14.6 Å². The molecule has 0 spiro atoms. The molecule has 0 saturated carbocycles.